The first-order valence-corrected chi connectivity index (χ1v) is 16.2. The van der Waals surface area contributed by atoms with Crippen LogP contribution in [0.25, 0.3) is 0 Å². The van der Waals surface area contributed by atoms with E-state index in [1.807, 2.05) is 24.4 Å². The highest BCUT2D eigenvalue weighted by molar-refractivity contribution is 5.42. The van der Waals surface area contributed by atoms with Crippen LogP contribution in [-0.4, -0.2) is 66.5 Å². The summed E-state index contributed by atoms with van der Waals surface area (Å²) in [6, 6.07) is 12.6. The monoisotopic (exact) mass is 619 g/mol. The van der Waals surface area contributed by atoms with Crippen LogP contribution in [0, 0.1) is 23.7 Å². The number of hydrogen-bond donors (Lipinski definition) is 7. The second-order valence-electron chi connectivity index (χ2n) is 12.3. The lowest BCUT2D eigenvalue weighted by Gasteiger charge is -2.28. The molecule has 9 heteroatoms. The van der Waals surface area contributed by atoms with Crippen LogP contribution < -0.4 is 10.5 Å². The van der Waals surface area contributed by atoms with Gasteiger partial charge in [-0.1, -0.05) is 31.8 Å². The Morgan fingerprint density at radius 2 is 1.96 bits per heavy atom. The molecule has 244 valence electrons. The summed E-state index contributed by atoms with van der Waals surface area (Å²) in [6.07, 6.45) is 7.04. The Bertz CT molecular complexity index is 1370. The van der Waals surface area contributed by atoms with E-state index in [2.05, 4.69) is 28.7 Å². The molecule has 0 bridgehead atoms. The minimum Gasteiger partial charge on any atom is -0.504 e. The number of hydrogen-bond acceptors (Lipinski definition) is 8. The van der Waals surface area contributed by atoms with E-state index in [0.29, 0.717) is 50.3 Å². The largest absolute Gasteiger partial charge is 0.504 e. The Labute approximate surface area is 266 Å². The standard InChI is InChI=1S/C36H49N3O6/c1-2-24-7-3-4-11-30(41)29(10-5-8-24)31(42)14-12-25-13-15-32(43)34(19-25)45-35(33(44)23-40)21-27(20-28-9-6-17-38-28)26-16-18-39-36(37)22-26/h6,9,13,15-19,22,24,27,29-31,33,35,38,40-44H,2-4,7,10-12,14,20-21,23H2,1H3,(H2,37,39). The number of nitrogens with zero attached hydrogens (tertiary/aromatic N) is 1. The highest BCUT2D eigenvalue weighted by atomic mass is 16.5. The van der Waals surface area contributed by atoms with Gasteiger partial charge < -0.3 is 41.0 Å². The predicted octanol–water partition coefficient (Wildman–Crippen LogP) is 4.48. The normalized spacial score (nSPS) is 21.6. The van der Waals surface area contributed by atoms with Crippen LogP contribution in [0.1, 0.15) is 81.0 Å². The summed E-state index contributed by atoms with van der Waals surface area (Å²) in [5.74, 6) is 6.94. The minimum absolute atomic E-state index is 0.0907. The van der Waals surface area contributed by atoms with E-state index < -0.39 is 31.0 Å². The highest BCUT2D eigenvalue weighted by Crippen LogP contribution is 2.34. The summed E-state index contributed by atoms with van der Waals surface area (Å²) < 4.78 is 6.22. The van der Waals surface area contributed by atoms with Crippen LogP contribution in [0.5, 0.6) is 11.5 Å². The lowest BCUT2D eigenvalue weighted by Crippen LogP contribution is -2.36. The zero-order chi connectivity index (χ0) is 32.2. The third-order valence-corrected chi connectivity index (χ3v) is 9.00. The summed E-state index contributed by atoms with van der Waals surface area (Å²) in [5, 5.41) is 53.4. The van der Waals surface area contributed by atoms with Crippen LogP contribution in [-0.2, 0) is 12.8 Å². The Morgan fingerprint density at radius 3 is 2.69 bits per heavy atom. The minimum atomic E-state index is -1.21. The van der Waals surface area contributed by atoms with Crippen molar-refractivity contribution in [3.8, 4) is 23.3 Å². The van der Waals surface area contributed by atoms with E-state index in [1.54, 1.807) is 24.4 Å². The molecular formula is C36H49N3O6. The molecule has 0 aliphatic heterocycles. The van der Waals surface area contributed by atoms with Crippen molar-refractivity contribution in [3.63, 3.8) is 0 Å². The molecule has 45 heavy (non-hydrogen) atoms. The van der Waals surface area contributed by atoms with Gasteiger partial charge in [0.05, 0.1) is 18.8 Å². The first kappa shape index (κ1) is 34.3. The lowest BCUT2D eigenvalue weighted by molar-refractivity contribution is -0.00843. The SMILES string of the molecule is CCC1C#CCC(C(O)CCc2ccc(O)c(OC(CC(Cc3ccc[nH]3)c3ccnc(N)c3)C(O)CO)c2)C(O)CCCC1. The number of aromatic nitrogens is 2. The van der Waals surface area contributed by atoms with Gasteiger partial charge in [-0.15, -0.1) is 5.92 Å². The molecule has 1 aromatic carbocycles. The second-order valence-corrected chi connectivity index (χ2v) is 12.3. The molecular weight excluding hydrogens is 570 g/mol. The number of pyridine rings is 1. The average Bonchev–Trinajstić information content (AvgIpc) is 3.56. The molecule has 0 saturated heterocycles. The van der Waals surface area contributed by atoms with Crippen molar-refractivity contribution >= 4 is 5.82 Å². The summed E-state index contributed by atoms with van der Waals surface area (Å²) in [6.45, 7) is 1.63. The number of nitrogens with one attached hydrogen (secondary N) is 1. The van der Waals surface area contributed by atoms with Gasteiger partial charge in [-0.05, 0) is 98.4 Å². The first-order chi connectivity index (χ1) is 21.8. The average molecular weight is 620 g/mol. The van der Waals surface area contributed by atoms with Gasteiger partial charge in [-0.25, -0.2) is 4.98 Å². The van der Waals surface area contributed by atoms with Crippen LogP contribution in [0.2, 0.25) is 0 Å². The maximum absolute atomic E-state index is 11.1. The predicted molar refractivity (Wildman–Crippen MR) is 175 cm³/mol. The van der Waals surface area contributed by atoms with E-state index in [1.165, 1.54) is 6.07 Å². The van der Waals surface area contributed by atoms with E-state index in [9.17, 15) is 25.5 Å². The number of phenolic OH excluding ortho intramolecular Hbond substituents is 1. The first-order valence-electron chi connectivity index (χ1n) is 16.2. The second kappa shape index (κ2) is 17.2. The zero-order valence-corrected chi connectivity index (χ0v) is 26.2. The molecule has 2 aromatic heterocycles. The van der Waals surface area contributed by atoms with Crippen molar-refractivity contribution in [3.05, 3.63) is 71.7 Å². The van der Waals surface area contributed by atoms with Crippen LogP contribution in [0.3, 0.4) is 0 Å². The van der Waals surface area contributed by atoms with Crippen molar-refractivity contribution in [2.45, 2.75) is 101 Å². The van der Waals surface area contributed by atoms with Crippen molar-refractivity contribution in [2.75, 3.05) is 12.3 Å². The van der Waals surface area contributed by atoms with Gasteiger partial charge in [0.25, 0.3) is 0 Å². The fourth-order valence-electron chi connectivity index (χ4n) is 6.18. The molecule has 2 heterocycles. The number of aromatic amines is 1. The summed E-state index contributed by atoms with van der Waals surface area (Å²) in [5.41, 5.74) is 8.72. The molecule has 1 aliphatic carbocycles. The van der Waals surface area contributed by atoms with Gasteiger partial charge in [0.2, 0.25) is 0 Å². The third kappa shape index (κ3) is 10.2. The number of phenols is 1. The quantitative estimate of drug-likeness (QED) is 0.130. The van der Waals surface area contributed by atoms with E-state index in [4.69, 9.17) is 10.5 Å². The van der Waals surface area contributed by atoms with Gasteiger partial charge in [-0.3, -0.25) is 0 Å². The Kier molecular flexibility index (Phi) is 13.1. The van der Waals surface area contributed by atoms with Crippen LogP contribution in [0.4, 0.5) is 5.82 Å². The molecule has 7 atom stereocenters. The van der Waals surface area contributed by atoms with Crippen LogP contribution >= 0.6 is 0 Å². The van der Waals surface area contributed by atoms with Crippen molar-refractivity contribution in [1.82, 2.24) is 9.97 Å². The zero-order valence-electron chi connectivity index (χ0n) is 26.2. The molecule has 9 nitrogen and oxygen atoms in total. The van der Waals surface area contributed by atoms with Gasteiger partial charge in [-0.2, -0.15) is 0 Å². The number of ether oxygens (including phenoxy) is 1. The molecule has 7 unspecified atom stereocenters. The molecule has 3 aromatic rings. The van der Waals surface area contributed by atoms with Gasteiger partial charge in [0, 0.05) is 36.3 Å². The molecule has 0 fully saturated rings. The van der Waals surface area contributed by atoms with Crippen molar-refractivity contribution < 1.29 is 30.3 Å². The number of nitrogen functional groups attached to an aromatic ring is 1. The fraction of sp³-hybridized carbons (Fsp3) is 0.528. The van der Waals surface area contributed by atoms with Gasteiger partial charge in [0.15, 0.2) is 11.5 Å². The molecule has 1 aliphatic rings. The maximum Gasteiger partial charge on any atom is 0.161 e. The number of H-pyrrole nitrogens is 1. The Hall–Kier alpha value is -3.55. The van der Waals surface area contributed by atoms with Crippen LogP contribution in [0.15, 0.2) is 54.9 Å². The van der Waals surface area contributed by atoms with E-state index in [-0.39, 0.29) is 23.3 Å². The topological polar surface area (TPSA) is 165 Å². The number of nitrogens with two attached hydrogens (primary N) is 1. The third-order valence-electron chi connectivity index (χ3n) is 9.00. The number of aliphatic hydroxyl groups excluding tert-OH is 4. The van der Waals surface area contributed by atoms with E-state index >= 15 is 0 Å². The number of rotatable bonds is 14. The number of aryl methyl sites for hydroxylation is 1. The van der Waals surface area contributed by atoms with Gasteiger partial charge in [0.1, 0.15) is 18.0 Å². The number of aliphatic hydroxyl groups is 4. The summed E-state index contributed by atoms with van der Waals surface area (Å²) in [7, 11) is 0. The molecule has 0 spiro atoms. The number of aromatic hydroxyl groups is 1. The molecule has 0 radical (unpaired) electrons. The Balaban J connectivity index is 1.47. The lowest BCUT2D eigenvalue weighted by atomic mass is 9.85. The van der Waals surface area contributed by atoms with Crippen molar-refractivity contribution in [2.24, 2.45) is 11.8 Å². The summed E-state index contributed by atoms with van der Waals surface area (Å²) >= 11 is 0. The number of benzene rings is 1. The molecule has 8 N–H and O–H groups in total. The molecule has 0 saturated carbocycles. The maximum atomic E-state index is 11.1. The number of anilines is 1. The Morgan fingerprint density at radius 1 is 1.13 bits per heavy atom. The van der Waals surface area contributed by atoms with Crippen molar-refractivity contribution in [1.29, 1.82) is 0 Å². The van der Waals surface area contributed by atoms with E-state index in [0.717, 1.165) is 42.5 Å². The highest BCUT2D eigenvalue weighted by Gasteiger charge is 2.29. The molecule has 0 amide bonds. The van der Waals surface area contributed by atoms with Gasteiger partial charge >= 0.3 is 0 Å². The summed E-state index contributed by atoms with van der Waals surface area (Å²) in [4.78, 5) is 7.32. The smallest absolute Gasteiger partial charge is 0.161 e. The molecule has 4 rings (SSSR count). The fourth-order valence-corrected chi connectivity index (χ4v) is 6.18.